The van der Waals surface area contributed by atoms with E-state index in [-0.39, 0.29) is 6.61 Å². The molecule has 0 unspecified atom stereocenters. The molecule has 1 N–H and O–H groups in total. The number of benzene rings is 2. The van der Waals surface area contributed by atoms with Crippen molar-refractivity contribution in [1.29, 1.82) is 0 Å². The molecule has 3 rings (SSSR count). The van der Waals surface area contributed by atoms with E-state index in [9.17, 15) is 0 Å². The van der Waals surface area contributed by atoms with Crippen molar-refractivity contribution in [3.63, 3.8) is 0 Å². The first-order chi connectivity index (χ1) is 12.7. The molecule has 0 amide bonds. The predicted molar refractivity (Wildman–Crippen MR) is 109 cm³/mol. The molecule has 0 aliphatic rings. The van der Waals surface area contributed by atoms with Gasteiger partial charge >= 0.3 is 0 Å². The third-order valence-electron chi connectivity index (χ3n) is 4.21. The summed E-state index contributed by atoms with van der Waals surface area (Å²) >= 11 is 7.64. The molecule has 0 bridgehead atoms. The SMILES string of the molecule is CCN(CCO)CCOc1ccc2nc(Cc3ccc(Cl)cc3)sc2c1. The zero-order valence-electron chi connectivity index (χ0n) is 14.8. The number of nitrogens with zero attached hydrogens (tertiary/aromatic N) is 2. The van der Waals surface area contributed by atoms with Gasteiger partial charge in [0.25, 0.3) is 0 Å². The minimum absolute atomic E-state index is 0.178. The molecular weight excluding hydrogens is 368 g/mol. The monoisotopic (exact) mass is 390 g/mol. The van der Waals surface area contributed by atoms with Crippen LogP contribution >= 0.6 is 22.9 Å². The van der Waals surface area contributed by atoms with Gasteiger partial charge in [-0.05, 0) is 42.4 Å². The highest BCUT2D eigenvalue weighted by Gasteiger charge is 2.07. The lowest BCUT2D eigenvalue weighted by Gasteiger charge is -2.19. The lowest BCUT2D eigenvalue weighted by atomic mass is 10.2. The summed E-state index contributed by atoms with van der Waals surface area (Å²) in [6.45, 7) is 5.27. The molecule has 26 heavy (non-hydrogen) atoms. The molecule has 0 saturated carbocycles. The molecule has 3 aromatic rings. The largest absolute Gasteiger partial charge is 0.492 e. The highest BCUT2D eigenvalue weighted by Crippen LogP contribution is 2.28. The van der Waals surface area contributed by atoms with Crippen LogP contribution in [-0.4, -0.2) is 47.8 Å². The number of rotatable bonds is 9. The lowest BCUT2D eigenvalue weighted by Crippen LogP contribution is -2.30. The fraction of sp³-hybridized carbons (Fsp3) is 0.350. The Labute approximate surface area is 163 Å². The molecule has 0 aliphatic carbocycles. The summed E-state index contributed by atoms with van der Waals surface area (Å²) in [5.74, 6) is 0.860. The van der Waals surface area contributed by atoms with E-state index in [1.807, 2.05) is 36.4 Å². The van der Waals surface area contributed by atoms with Gasteiger partial charge in [0.15, 0.2) is 0 Å². The number of fused-ring (bicyclic) bond motifs is 1. The first-order valence-electron chi connectivity index (χ1n) is 8.78. The van der Waals surface area contributed by atoms with Crippen molar-refractivity contribution in [2.45, 2.75) is 13.3 Å². The van der Waals surface area contributed by atoms with Crippen LogP contribution in [-0.2, 0) is 6.42 Å². The Hall–Kier alpha value is -1.66. The predicted octanol–water partition coefficient (Wildman–Crippen LogP) is 4.23. The Bertz CT molecular complexity index is 835. The number of ether oxygens (including phenoxy) is 1. The van der Waals surface area contributed by atoms with E-state index >= 15 is 0 Å². The maximum absolute atomic E-state index is 9.03. The maximum atomic E-state index is 9.03. The first-order valence-corrected chi connectivity index (χ1v) is 9.97. The normalized spacial score (nSPS) is 11.4. The molecule has 6 heteroatoms. The third-order valence-corrected chi connectivity index (χ3v) is 5.48. The number of aromatic nitrogens is 1. The molecule has 4 nitrogen and oxygen atoms in total. The van der Waals surface area contributed by atoms with Gasteiger partial charge in [0.05, 0.1) is 21.8 Å². The fourth-order valence-electron chi connectivity index (χ4n) is 2.76. The maximum Gasteiger partial charge on any atom is 0.120 e. The number of hydrogen-bond acceptors (Lipinski definition) is 5. The molecule has 0 fully saturated rings. The average molecular weight is 391 g/mol. The summed E-state index contributed by atoms with van der Waals surface area (Å²) in [4.78, 5) is 6.87. The van der Waals surface area contributed by atoms with Crippen molar-refractivity contribution in [3.05, 3.63) is 58.1 Å². The Kier molecular flexibility index (Phi) is 6.86. The quantitative estimate of drug-likeness (QED) is 0.593. The highest BCUT2D eigenvalue weighted by atomic mass is 35.5. The van der Waals surface area contributed by atoms with Crippen LogP contribution in [0.3, 0.4) is 0 Å². The van der Waals surface area contributed by atoms with Crippen molar-refractivity contribution in [1.82, 2.24) is 9.88 Å². The second-order valence-corrected chi connectivity index (χ2v) is 7.60. The average Bonchev–Trinajstić information content (AvgIpc) is 3.04. The van der Waals surface area contributed by atoms with Crippen molar-refractivity contribution >= 4 is 33.2 Å². The Morgan fingerprint density at radius 3 is 2.69 bits per heavy atom. The Balaban J connectivity index is 1.62. The smallest absolute Gasteiger partial charge is 0.120 e. The van der Waals surface area contributed by atoms with Gasteiger partial charge in [0.2, 0.25) is 0 Å². The van der Waals surface area contributed by atoms with Gasteiger partial charge in [-0.2, -0.15) is 0 Å². The summed E-state index contributed by atoms with van der Waals surface area (Å²) in [6.07, 6.45) is 0.805. The number of aliphatic hydroxyl groups excluding tert-OH is 1. The zero-order valence-corrected chi connectivity index (χ0v) is 16.4. The number of halogens is 1. The van der Waals surface area contributed by atoms with Gasteiger partial charge < -0.3 is 9.84 Å². The van der Waals surface area contributed by atoms with Gasteiger partial charge in [-0.15, -0.1) is 11.3 Å². The van der Waals surface area contributed by atoms with Crippen LogP contribution in [0.15, 0.2) is 42.5 Å². The van der Waals surface area contributed by atoms with E-state index in [4.69, 9.17) is 26.4 Å². The van der Waals surface area contributed by atoms with E-state index < -0.39 is 0 Å². The molecule has 1 aromatic heterocycles. The van der Waals surface area contributed by atoms with Crippen LogP contribution < -0.4 is 4.74 Å². The van der Waals surface area contributed by atoms with E-state index in [0.29, 0.717) is 13.2 Å². The minimum atomic E-state index is 0.178. The van der Waals surface area contributed by atoms with E-state index in [1.165, 1.54) is 5.56 Å². The number of hydrogen-bond donors (Lipinski definition) is 1. The van der Waals surface area contributed by atoms with E-state index in [0.717, 1.165) is 45.5 Å². The minimum Gasteiger partial charge on any atom is -0.492 e. The molecule has 0 radical (unpaired) electrons. The third kappa shape index (κ3) is 5.17. The number of aliphatic hydroxyl groups is 1. The number of thiazole rings is 1. The summed E-state index contributed by atoms with van der Waals surface area (Å²) in [6, 6.07) is 13.9. The first kappa shape index (κ1) is 19.1. The van der Waals surface area contributed by atoms with Crippen molar-refractivity contribution in [2.24, 2.45) is 0 Å². The van der Waals surface area contributed by atoms with Crippen molar-refractivity contribution in [3.8, 4) is 5.75 Å². The fourth-order valence-corrected chi connectivity index (χ4v) is 3.91. The van der Waals surface area contributed by atoms with Gasteiger partial charge in [0, 0.05) is 24.5 Å². The summed E-state index contributed by atoms with van der Waals surface area (Å²) in [7, 11) is 0. The molecule has 0 atom stereocenters. The van der Waals surface area contributed by atoms with Gasteiger partial charge in [-0.1, -0.05) is 30.7 Å². The van der Waals surface area contributed by atoms with Crippen LogP contribution in [0.1, 0.15) is 17.5 Å². The second-order valence-electron chi connectivity index (χ2n) is 6.05. The van der Waals surface area contributed by atoms with Crippen molar-refractivity contribution < 1.29 is 9.84 Å². The summed E-state index contributed by atoms with van der Waals surface area (Å²) in [5, 5.41) is 10.9. The molecule has 0 aliphatic heterocycles. The van der Waals surface area contributed by atoms with Crippen LogP contribution in [0.25, 0.3) is 10.2 Å². The molecular formula is C20H23ClN2O2S. The summed E-state index contributed by atoms with van der Waals surface area (Å²) < 4.78 is 7.01. The van der Waals surface area contributed by atoms with Crippen LogP contribution in [0.2, 0.25) is 5.02 Å². The van der Waals surface area contributed by atoms with E-state index in [1.54, 1.807) is 11.3 Å². The lowest BCUT2D eigenvalue weighted by molar-refractivity contribution is 0.174. The van der Waals surface area contributed by atoms with Gasteiger partial charge in [-0.3, -0.25) is 4.90 Å². The standard InChI is InChI=1S/C20H23ClN2O2S/c1-2-23(9-11-24)10-12-25-17-7-8-18-19(14-17)26-20(22-18)13-15-3-5-16(21)6-4-15/h3-8,14,24H,2,9-13H2,1H3. The van der Waals surface area contributed by atoms with Crippen LogP contribution in [0.5, 0.6) is 5.75 Å². The highest BCUT2D eigenvalue weighted by molar-refractivity contribution is 7.18. The molecule has 1 heterocycles. The molecule has 138 valence electrons. The van der Waals surface area contributed by atoms with E-state index in [2.05, 4.69) is 17.9 Å². The topological polar surface area (TPSA) is 45.6 Å². The van der Waals surface area contributed by atoms with Crippen LogP contribution in [0.4, 0.5) is 0 Å². The van der Waals surface area contributed by atoms with Gasteiger partial charge in [0.1, 0.15) is 12.4 Å². The Morgan fingerprint density at radius 2 is 1.96 bits per heavy atom. The summed E-state index contributed by atoms with van der Waals surface area (Å²) in [5.41, 5.74) is 2.20. The van der Waals surface area contributed by atoms with Crippen molar-refractivity contribution in [2.75, 3.05) is 32.8 Å². The Morgan fingerprint density at radius 1 is 1.15 bits per heavy atom. The molecule has 2 aromatic carbocycles. The van der Waals surface area contributed by atoms with Gasteiger partial charge in [-0.25, -0.2) is 4.98 Å². The second kappa shape index (κ2) is 9.33. The molecule has 0 spiro atoms. The zero-order chi connectivity index (χ0) is 18.4. The molecule has 0 saturated heterocycles. The number of likely N-dealkylation sites (N-methyl/N-ethyl adjacent to an activating group) is 1. The van der Waals surface area contributed by atoms with Crippen LogP contribution in [0, 0.1) is 0 Å².